The third-order valence-corrected chi connectivity index (χ3v) is 1.33. The highest BCUT2D eigenvalue weighted by Gasteiger charge is 2.04. The SMILES string of the molecule is CC(C)Cn1nnnc1CN. The highest BCUT2D eigenvalue weighted by molar-refractivity contribution is 4.77. The Morgan fingerprint density at radius 2 is 2.27 bits per heavy atom. The summed E-state index contributed by atoms with van der Waals surface area (Å²) >= 11 is 0. The van der Waals surface area contributed by atoms with Gasteiger partial charge in [-0.2, -0.15) is 0 Å². The van der Waals surface area contributed by atoms with Crippen molar-refractivity contribution < 1.29 is 0 Å². The summed E-state index contributed by atoms with van der Waals surface area (Å²) in [6, 6.07) is 0. The van der Waals surface area contributed by atoms with Gasteiger partial charge in [0.2, 0.25) is 0 Å². The molecule has 0 aliphatic heterocycles. The van der Waals surface area contributed by atoms with Crippen molar-refractivity contribution in [2.24, 2.45) is 11.7 Å². The van der Waals surface area contributed by atoms with Gasteiger partial charge in [0.15, 0.2) is 5.82 Å². The van der Waals surface area contributed by atoms with Crippen LogP contribution in [0, 0.1) is 5.92 Å². The molecule has 0 unspecified atom stereocenters. The van der Waals surface area contributed by atoms with E-state index in [1.54, 1.807) is 4.68 Å². The maximum absolute atomic E-state index is 5.41. The second kappa shape index (κ2) is 3.43. The molecule has 1 rings (SSSR count). The number of nitrogens with two attached hydrogens (primary N) is 1. The molecule has 0 saturated carbocycles. The van der Waals surface area contributed by atoms with Crippen LogP contribution in [0.2, 0.25) is 0 Å². The lowest BCUT2D eigenvalue weighted by molar-refractivity contribution is 0.458. The first-order chi connectivity index (χ1) is 5.24. The Bertz CT molecular complexity index is 217. The first kappa shape index (κ1) is 8.13. The van der Waals surface area contributed by atoms with Crippen LogP contribution in [0.25, 0.3) is 0 Å². The molecule has 0 saturated heterocycles. The molecule has 5 nitrogen and oxygen atoms in total. The van der Waals surface area contributed by atoms with E-state index >= 15 is 0 Å². The highest BCUT2D eigenvalue weighted by atomic mass is 15.5. The van der Waals surface area contributed by atoms with Crippen LogP contribution in [0.1, 0.15) is 19.7 Å². The maximum atomic E-state index is 5.41. The maximum Gasteiger partial charge on any atom is 0.164 e. The molecule has 0 aliphatic rings. The van der Waals surface area contributed by atoms with Gasteiger partial charge in [-0.05, 0) is 16.3 Å². The summed E-state index contributed by atoms with van der Waals surface area (Å²) in [4.78, 5) is 0. The van der Waals surface area contributed by atoms with Gasteiger partial charge in [-0.1, -0.05) is 13.8 Å². The standard InChI is InChI=1S/C6H13N5/c1-5(2)4-11-6(3-7)8-9-10-11/h5H,3-4,7H2,1-2H3. The fourth-order valence-electron chi connectivity index (χ4n) is 0.857. The Hall–Kier alpha value is -0.970. The molecule has 0 radical (unpaired) electrons. The Labute approximate surface area is 65.6 Å². The van der Waals surface area contributed by atoms with Crippen LogP contribution in [-0.2, 0) is 13.1 Å². The second-order valence-corrected chi connectivity index (χ2v) is 2.88. The van der Waals surface area contributed by atoms with Crippen LogP contribution in [-0.4, -0.2) is 20.2 Å². The first-order valence-corrected chi connectivity index (χ1v) is 3.69. The smallest absolute Gasteiger partial charge is 0.164 e. The zero-order chi connectivity index (χ0) is 8.27. The van der Waals surface area contributed by atoms with Gasteiger partial charge in [-0.15, -0.1) is 5.10 Å². The molecule has 1 heterocycles. The molecule has 1 aromatic rings. The van der Waals surface area contributed by atoms with E-state index in [4.69, 9.17) is 5.73 Å². The molecule has 0 aromatic carbocycles. The summed E-state index contributed by atoms with van der Waals surface area (Å²) in [7, 11) is 0. The van der Waals surface area contributed by atoms with Gasteiger partial charge in [0.25, 0.3) is 0 Å². The molecule has 5 heteroatoms. The summed E-state index contributed by atoms with van der Waals surface area (Å²) < 4.78 is 1.74. The lowest BCUT2D eigenvalue weighted by atomic mass is 10.2. The predicted octanol–water partition coefficient (Wildman–Crippen LogP) is -0.212. The number of hydrogen-bond donors (Lipinski definition) is 1. The third kappa shape index (κ3) is 1.98. The first-order valence-electron chi connectivity index (χ1n) is 3.69. The summed E-state index contributed by atoms with van der Waals surface area (Å²) in [5, 5.41) is 11.1. The summed E-state index contributed by atoms with van der Waals surface area (Å²) in [6.45, 7) is 5.46. The Morgan fingerprint density at radius 1 is 1.55 bits per heavy atom. The zero-order valence-electron chi connectivity index (χ0n) is 6.86. The van der Waals surface area contributed by atoms with Gasteiger partial charge >= 0.3 is 0 Å². The van der Waals surface area contributed by atoms with Crippen LogP contribution < -0.4 is 5.73 Å². The number of aromatic nitrogens is 4. The topological polar surface area (TPSA) is 69.6 Å². The number of tetrazole rings is 1. The fourth-order valence-corrected chi connectivity index (χ4v) is 0.857. The Morgan fingerprint density at radius 3 is 2.82 bits per heavy atom. The minimum Gasteiger partial charge on any atom is -0.324 e. The summed E-state index contributed by atoms with van der Waals surface area (Å²) in [5.41, 5.74) is 5.41. The summed E-state index contributed by atoms with van der Waals surface area (Å²) in [6.07, 6.45) is 0. The van der Waals surface area contributed by atoms with Crippen molar-refractivity contribution in [3.8, 4) is 0 Å². The van der Waals surface area contributed by atoms with Crippen molar-refractivity contribution in [2.45, 2.75) is 26.9 Å². The van der Waals surface area contributed by atoms with E-state index < -0.39 is 0 Å². The quantitative estimate of drug-likeness (QED) is 0.655. The highest BCUT2D eigenvalue weighted by Crippen LogP contribution is 1.98. The lowest BCUT2D eigenvalue weighted by Crippen LogP contribution is -2.13. The average molecular weight is 155 g/mol. The van der Waals surface area contributed by atoms with Gasteiger partial charge in [0, 0.05) is 6.54 Å². The van der Waals surface area contributed by atoms with Gasteiger partial charge in [0.05, 0.1) is 6.54 Å². The molecule has 2 N–H and O–H groups in total. The minimum atomic E-state index is 0.403. The zero-order valence-corrected chi connectivity index (χ0v) is 6.86. The van der Waals surface area contributed by atoms with E-state index in [0.717, 1.165) is 12.4 Å². The number of hydrogen-bond acceptors (Lipinski definition) is 4. The monoisotopic (exact) mass is 155 g/mol. The van der Waals surface area contributed by atoms with Crippen molar-refractivity contribution >= 4 is 0 Å². The minimum absolute atomic E-state index is 0.403. The summed E-state index contributed by atoms with van der Waals surface area (Å²) in [5.74, 6) is 1.29. The molecule has 0 atom stereocenters. The molecule has 11 heavy (non-hydrogen) atoms. The van der Waals surface area contributed by atoms with Crippen LogP contribution >= 0.6 is 0 Å². The molecule has 0 aliphatic carbocycles. The average Bonchev–Trinajstić information content (AvgIpc) is 2.34. The second-order valence-electron chi connectivity index (χ2n) is 2.88. The van der Waals surface area contributed by atoms with E-state index in [1.165, 1.54) is 0 Å². The largest absolute Gasteiger partial charge is 0.324 e. The third-order valence-electron chi connectivity index (χ3n) is 1.33. The molecule has 62 valence electrons. The fraction of sp³-hybridized carbons (Fsp3) is 0.833. The van der Waals surface area contributed by atoms with Gasteiger partial charge in [-0.3, -0.25) is 0 Å². The normalized spacial score (nSPS) is 10.9. The lowest BCUT2D eigenvalue weighted by Gasteiger charge is -2.04. The number of nitrogens with zero attached hydrogens (tertiary/aromatic N) is 4. The van der Waals surface area contributed by atoms with E-state index in [2.05, 4.69) is 29.4 Å². The van der Waals surface area contributed by atoms with Crippen molar-refractivity contribution in [1.82, 2.24) is 20.2 Å². The van der Waals surface area contributed by atoms with Crippen molar-refractivity contribution in [2.75, 3.05) is 0 Å². The molecular weight excluding hydrogens is 142 g/mol. The van der Waals surface area contributed by atoms with E-state index in [1.807, 2.05) is 0 Å². The van der Waals surface area contributed by atoms with E-state index in [0.29, 0.717) is 12.5 Å². The van der Waals surface area contributed by atoms with E-state index in [-0.39, 0.29) is 0 Å². The van der Waals surface area contributed by atoms with Crippen LogP contribution in [0.15, 0.2) is 0 Å². The predicted molar refractivity (Wildman–Crippen MR) is 40.5 cm³/mol. The molecule has 0 amide bonds. The molecule has 0 bridgehead atoms. The van der Waals surface area contributed by atoms with Crippen molar-refractivity contribution in [3.63, 3.8) is 0 Å². The van der Waals surface area contributed by atoms with E-state index in [9.17, 15) is 0 Å². The van der Waals surface area contributed by atoms with Gasteiger partial charge in [-0.25, -0.2) is 4.68 Å². The van der Waals surface area contributed by atoms with Crippen LogP contribution in [0.5, 0.6) is 0 Å². The Balaban J connectivity index is 2.68. The van der Waals surface area contributed by atoms with Crippen molar-refractivity contribution in [1.29, 1.82) is 0 Å². The van der Waals surface area contributed by atoms with Gasteiger partial charge in [0.1, 0.15) is 0 Å². The van der Waals surface area contributed by atoms with Crippen molar-refractivity contribution in [3.05, 3.63) is 5.82 Å². The van der Waals surface area contributed by atoms with Crippen LogP contribution in [0.4, 0.5) is 0 Å². The molecule has 0 spiro atoms. The van der Waals surface area contributed by atoms with Gasteiger partial charge < -0.3 is 5.73 Å². The number of rotatable bonds is 3. The van der Waals surface area contributed by atoms with Crippen LogP contribution in [0.3, 0.4) is 0 Å². The molecule has 0 fully saturated rings. The molecule has 1 aromatic heterocycles. The Kier molecular flexibility index (Phi) is 2.53. The molecular formula is C6H13N5.